The molecule has 2 aromatic carbocycles. The highest BCUT2D eigenvalue weighted by Gasteiger charge is 2.14. The van der Waals surface area contributed by atoms with Crippen molar-refractivity contribution in [3.05, 3.63) is 89.3 Å². The van der Waals surface area contributed by atoms with E-state index in [1.165, 1.54) is 6.07 Å². The molecule has 0 aliphatic carbocycles. The third-order valence-electron chi connectivity index (χ3n) is 3.65. The molecule has 6 heteroatoms. The van der Waals surface area contributed by atoms with Gasteiger partial charge in [0.25, 0.3) is 5.78 Å². The number of carbonyl (C=O) groups is 1. The number of ether oxygens (including phenoxy) is 1. The van der Waals surface area contributed by atoms with Gasteiger partial charge in [-0.3, -0.25) is 4.79 Å². The Hall–Kier alpha value is -3.63. The molecule has 0 saturated carbocycles. The maximum atomic E-state index is 14.1. The van der Waals surface area contributed by atoms with Crippen molar-refractivity contribution in [3.8, 4) is 17.0 Å². The van der Waals surface area contributed by atoms with Crippen molar-refractivity contribution >= 4 is 12.0 Å². The average molecular weight is 347 g/mol. The summed E-state index contributed by atoms with van der Waals surface area (Å²) < 4.78 is 19.8. The monoisotopic (exact) mass is 347 g/mol. The SMILES string of the molecule is [N-]=[N+]=CC(=O)c1ccc(F)c(-c2ccc(OCc3ccccc3)cc2)n1. The highest BCUT2D eigenvalue weighted by atomic mass is 19.1. The van der Waals surface area contributed by atoms with Crippen molar-refractivity contribution in [1.82, 2.24) is 4.98 Å². The van der Waals surface area contributed by atoms with E-state index in [2.05, 4.69) is 9.77 Å². The third kappa shape index (κ3) is 4.06. The smallest absolute Gasteiger partial charge is 0.329 e. The summed E-state index contributed by atoms with van der Waals surface area (Å²) in [5.74, 6) is -0.533. The molecule has 3 rings (SSSR count). The van der Waals surface area contributed by atoms with Gasteiger partial charge in [0.2, 0.25) is 0 Å². The summed E-state index contributed by atoms with van der Waals surface area (Å²) in [4.78, 5) is 18.4. The highest BCUT2D eigenvalue weighted by Crippen LogP contribution is 2.24. The Labute approximate surface area is 149 Å². The van der Waals surface area contributed by atoms with Gasteiger partial charge >= 0.3 is 6.21 Å². The Bertz CT molecular complexity index is 966. The van der Waals surface area contributed by atoms with Crippen LogP contribution >= 0.6 is 0 Å². The first-order valence-electron chi connectivity index (χ1n) is 7.83. The molecule has 0 radical (unpaired) electrons. The Balaban J connectivity index is 1.78. The molecule has 0 aliphatic rings. The quantitative estimate of drug-likeness (QED) is 0.293. The summed E-state index contributed by atoms with van der Waals surface area (Å²) in [5.41, 5.74) is 10.0. The number of benzene rings is 2. The lowest BCUT2D eigenvalue weighted by molar-refractivity contribution is 0.00230. The van der Waals surface area contributed by atoms with Gasteiger partial charge in [-0.15, -0.1) is 0 Å². The van der Waals surface area contributed by atoms with E-state index in [1.54, 1.807) is 24.3 Å². The zero-order valence-electron chi connectivity index (χ0n) is 13.7. The molecule has 0 amide bonds. The van der Waals surface area contributed by atoms with E-state index in [0.29, 0.717) is 24.1 Å². The molecule has 0 fully saturated rings. The van der Waals surface area contributed by atoms with Gasteiger partial charge in [0.15, 0.2) is 0 Å². The van der Waals surface area contributed by atoms with Crippen molar-refractivity contribution in [2.75, 3.05) is 0 Å². The number of halogens is 1. The van der Waals surface area contributed by atoms with Gasteiger partial charge in [0.05, 0.1) is 0 Å². The lowest BCUT2D eigenvalue weighted by Gasteiger charge is -2.08. The van der Waals surface area contributed by atoms with Crippen LogP contribution in [0.5, 0.6) is 5.75 Å². The summed E-state index contributed by atoms with van der Waals surface area (Å²) >= 11 is 0. The molecule has 1 aromatic heterocycles. The molecule has 0 spiro atoms. The van der Waals surface area contributed by atoms with Crippen molar-refractivity contribution in [1.29, 1.82) is 0 Å². The maximum Gasteiger partial charge on any atom is 0.329 e. The molecule has 0 bridgehead atoms. The average Bonchev–Trinajstić information content (AvgIpc) is 2.68. The Morgan fingerprint density at radius 1 is 1.08 bits per heavy atom. The van der Waals surface area contributed by atoms with E-state index in [4.69, 9.17) is 10.3 Å². The summed E-state index contributed by atoms with van der Waals surface area (Å²) in [6.45, 7) is 0.428. The number of ketones is 1. The molecule has 1 heterocycles. The zero-order valence-corrected chi connectivity index (χ0v) is 13.7. The first-order valence-corrected chi connectivity index (χ1v) is 7.83. The number of hydrogen-bond donors (Lipinski definition) is 0. The van der Waals surface area contributed by atoms with Crippen molar-refractivity contribution in [3.63, 3.8) is 0 Å². The Morgan fingerprint density at radius 3 is 2.50 bits per heavy atom. The molecule has 0 unspecified atom stereocenters. The number of rotatable bonds is 6. The standard InChI is InChI=1S/C20H14FN3O2/c21-17-10-11-18(19(25)12-23-22)24-20(17)15-6-8-16(9-7-15)26-13-14-4-2-1-3-5-14/h1-12H,13H2. The summed E-state index contributed by atoms with van der Waals surface area (Å²) in [6, 6.07) is 18.9. The van der Waals surface area contributed by atoms with Gasteiger partial charge in [0, 0.05) is 5.56 Å². The van der Waals surface area contributed by atoms with Gasteiger partial charge in [-0.2, -0.15) is 4.79 Å². The first-order chi connectivity index (χ1) is 12.7. The predicted octanol–water partition coefficient (Wildman–Crippen LogP) is 3.95. The van der Waals surface area contributed by atoms with E-state index in [1.807, 2.05) is 30.3 Å². The summed E-state index contributed by atoms with van der Waals surface area (Å²) in [7, 11) is 0. The number of carbonyl (C=O) groups excluding carboxylic acids is 1. The van der Waals surface area contributed by atoms with Gasteiger partial charge in [-0.05, 0) is 42.0 Å². The van der Waals surface area contributed by atoms with Crippen LogP contribution in [-0.2, 0) is 6.61 Å². The molecule has 0 saturated heterocycles. The van der Waals surface area contributed by atoms with Crippen LogP contribution < -0.4 is 4.74 Å². The van der Waals surface area contributed by atoms with Gasteiger partial charge in [-0.25, -0.2) is 9.37 Å². The molecular formula is C20H14FN3O2. The normalized spacial score (nSPS) is 10.0. The van der Waals surface area contributed by atoms with Gasteiger partial charge in [-0.1, -0.05) is 30.3 Å². The largest absolute Gasteiger partial charge is 0.489 e. The number of pyridine rings is 1. The molecule has 0 aliphatic heterocycles. The van der Waals surface area contributed by atoms with Crippen LogP contribution in [0.2, 0.25) is 0 Å². The van der Waals surface area contributed by atoms with E-state index in [9.17, 15) is 9.18 Å². The van der Waals surface area contributed by atoms with Crippen molar-refractivity contribution in [2.24, 2.45) is 0 Å². The Kier molecular flexibility index (Phi) is 5.27. The lowest BCUT2D eigenvalue weighted by Crippen LogP contribution is -2.05. The van der Waals surface area contributed by atoms with E-state index >= 15 is 0 Å². The first kappa shape index (κ1) is 17.2. The minimum absolute atomic E-state index is 0.0106. The van der Waals surface area contributed by atoms with Gasteiger partial charge < -0.3 is 10.3 Å². The second-order valence-corrected chi connectivity index (χ2v) is 5.43. The predicted molar refractivity (Wildman–Crippen MR) is 94.4 cm³/mol. The summed E-state index contributed by atoms with van der Waals surface area (Å²) in [6.07, 6.45) is 0.713. The third-order valence-corrected chi connectivity index (χ3v) is 3.65. The molecular weight excluding hydrogens is 333 g/mol. The molecule has 26 heavy (non-hydrogen) atoms. The van der Waals surface area contributed by atoms with Crippen LogP contribution in [0, 0.1) is 5.82 Å². The molecule has 5 nitrogen and oxygen atoms in total. The summed E-state index contributed by atoms with van der Waals surface area (Å²) in [5, 5.41) is 0. The number of hydrogen-bond acceptors (Lipinski definition) is 3. The number of Topliss-reactive ketones (excluding diaryl/α,β-unsaturated/α-hetero) is 1. The molecule has 128 valence electrons. The second kappa shape index (κ2) is 7.96. The van der Waals surface area contributed by atoms with E-state index < -0.39 is 11.6 Å². The number of nitrogens with zero attached hydrogens (tertiary/aromatic N) is 3. The number of aromatic nitrogens is 1. The zero-order chi connectivity index (χ0) is 18.4. The fourth-order valence-corrected chi connectivity index (χ4v) is 2.35. The van der Waals surface area contributed by atoms with Gasteiger partial charge in [0.1, 0.15) is 29.6 Å². The van der Waals surface area contributed by atoms with E-state index in [0.717, 1.165) is 11.6 Å². The fourth-order valence-electron chi connectivity index (χ4n) is 2.35. The maximum absolute atomic E-state index is 14.1. The van der Waals surface area contributed by atoms with Crippen LogP contribution in [-0.4, -0.2) is 21.8 Å². The van der Waals surface area contributed by atoms with Crippen LogP contribution in [0.25, 0.3) is 16.8 Å². The van der Waals surface area contributed by atoms with Crippen LogP contribution in [0.3, 0.4) is 0 Å². The minimum atomic E-state index is -0.614. The van der Waals surface area contributed by atoms with Crippen LogP contribution in [0.1, 0.15) is 16.1 Å². The molecule has 0 atom stereocenters. The minimum Gasteiger partial charge on any atom is -0.489 e. The lowest BCUT2D eigenvalue weighted by atomic mass is 10.1. The fraction of sp³-hybridized carbons (Fsp3) is 0.0500. The second-order valence-electron chi connectivity index (χ2n) is 5.43. The highest BCUT2D eigenvalue weighted by molar-refractivity contribution is 6.32. The topological polar surface area (TPSA) is 75.6 Å². The van der Waals surface area contributed by atoms with Crippen molar-refractivity contribution < 1.29 is 18.7 Å². The molecule has 0 N–H and O–H groups in total. The van der Waals surface area contributed by atoms with E-state index in [-0.39, 0.29) is 11.4 Å². The van der Waals surface area contributed by atoms with Crippen LogP contribution in [0.15, 0.2) is 66.7 Å². The van der Waals surface area contributed by atoms with Crippen molar-refractivity contribution in [2.45, 2.75) is 6.61 Å². The van der Waals surface area contributed by atoms with Crippen LogP contribution in [0.4, 0.5) is 4.39 Å². The Morgan fingerprint density at radius 2 is 1.81 bits per heavy atom. The molecule has 3 aromatic rings.